The molecule has 0 amide bonds. The van der Waals surface area contributed by atoms with Gasteiger partial charge in [-0.25, -0.2) is 4.79 Å². The van der Waals surface area contributed by atoms with Crippen molar-refractivity contribution in [2.45, 2.75) is 31.0 Å². The molecule has 210 valence electrons. The molecule has 40 heavy (non-hydrogen) atoms. The van der Waals surface area contributed by atoms with Gasteiger partial charge in [-0.05, 0) is 61.2 Å². The fourth-order valence-corrected chi connectivity index (χ4v) is 4.66. The number of aromatic nitrogens is 1. The van der Waals surface area contributed by atoms with Gasteiger partial charge in [0, 0.05) is 23.6 Å². The number of phenolic OH excluding ortho intramolecular Hbond substituents is 1. The van der Waals surface area contributed by atoms with Crippen LogP contribution in [-0.2, 0) is 15.1 Å². The van der Waals surface area contributed by atoms with Gasteiger partial charge in [-0.15, -0.1) is 0 Å². The number of esters is 1. The normalized spacial score (nSPS) is 13.5. The predicted molar refractivity (Wildman–Crippen MR) is 151 cm³/mol. The van der Waals surface area contributed by atoms with Crippen LogP contribution in [0.4, 0.5) is 0 Å². The molecule has 2 atom stereocenters. The summed E-state index contributed by atoms with van der Waals surface area (Å²) in [6, 6.07) is 21.5. The van der Waals surface area contributed by atoms with Gasteiger partial charge in [-0.1, -0.05) is 48.5 Å². The number of ether oxygens (including phenoxy) is 2. The van der Waals surface area contributed by atoms with Gasteiger partial charge in [-0.3, -0.25) is 4.79 Å². The maximum absolute atomic E-state index is 12.6. The summed E-state index contributed by atoms with van der Waals surface area (Å²) in [5.74, 6) is -0.276. The van der Waals surface area contributed by atoms with Gasteiger partial charge in [0.1, 0.15) is 11.5 Å². The number of carbonyl (C=O) groups is 1. The lowest BCUT2D eigenvalue weighted by Crippen LogP contribution is -2.38. The number of aromatic amines is 1. The summed E-state index contributed by atoms with van der Waals surface area (Å²) in [6.45, 7) is 1.49. The molecule has 1 unspecified atom stereocenters. The number of aliphatic hydroxyl groups is 2. The first kappa shape index (κ1) is 28.8. The average molecular weight is 547 g/mol. The number of pyridine rings is 1. The molecule has 4 aromatic rings. The number of nitrogens with one attached hydrogen (secondary N) is 2. The third-order valence-corrected chi connectivity index (χ3v) is 6.79. The topological polar surface area (TPSA) is 141 Å². The third kappa shape index (κ3) is 6.51. The number of carbonyl (C=O) groups excluding carboxylic acids is 1. The van der Waals surface area contributed by atoms with E-state index in [1.807, 2.05) is 0 Å². The number of phenols is 1. The molecule has 0 aliphatic carbocycles. The number of fused-ring (bicyclic) bond motifs is 1. The molecule has 0 fully saturated rings. The second kappa shape index (κ2) is 13.3. The minimum absolute atomic E-state index is 0.0408. The van der Waals surface area contributed by atoms with Crippen LogP contribution in [0.25, 0.3) is 10.9 Å². The van der Waals surface area contributed by atoms with Crippen LogP contribution in [-0.4, -0.2) is 53.1 Å². The number of unbranched alkanes of at least 4 members (excludes halogenated alkanes) is 2. The SMILES string of the molecule is COC(=O)C(O)(c1ccccc1)c1cccc(OCCCCCNC[C@H](O)c2ccc(O)c3[nH]c(=O)ccc23)c1. The smallest absolute Gasteiger partial charge is 0.347 e. The van der Waals surface area contributed by atoms with Crippen molar-refractivity contribution in [1.82, 2.24) is 10.3 Å². The minimum atomic E-state index is -1.95. The lowest BCUT2D eigenvalue weighted by atomic mass is 9.86. The Morgan fingerprint density at radius 3 is 2.52 bits per heavy atom. The molecule has 0 bridgehead atoms. The van der Waals surface area contributed by atoms with E-state index in [1.54, 1.807) is 66.7 Å². The van der Waals surface area contributed by atoms with Crippen molar-refractivity contribution < 1.29 is 29.6 Å². The molecular formula is C31H34N2O7. The summed E-state index contributed by atoms with van der Waals surface area (Å²) in [5, 5.41) is 35.8. The lowest BCUT2D eigenvalue weighted by Gasteiger charge is -2.26. The predicted octanol–water partition coefficient (Wildman–Crippen LogP) is 3.51. The zero-order valence-electron chi connectivity index (χ0n) is 22.3. The molecule has 0 aliphatic heterocycles. The summed E-state index contributed by atoms with van der Waals surface area (Å²) in [6.07, 6.45) is 1.76. The van der Waals surface area contributed by atoms with Crippen LogP contribution in [0.1, 0.15) is 42.1 Å². The Morgan fingerprint density at radius 2 is 1.75 bits per heavy atom. The first-order valence-corrected chi connectivity index (χ1v) is 13.2. The fourth-order valence-electron chi connectivity index (χ4n) is 4.66. The molecule has 0 aliphatic rings. The Hall–Kier alpha value is -4.18. The largest absolute Gasteiger partial charge is 0.506 e. The van der Waals surface area contributed by atoms with E-state index in [0.29, 0.717) is 53.0 Å². The van der Waals surface area contributed by atoms with Gasteiger partial charge < -0.3 is 35.1 Å². The van der Waals surface area contributed by atoms with Crippen molar-refractivity contribution in [3.8, 4) is 11.5 Å². The van der Waals surface area contributed by atoms with Gasteiger partial charge >= 0.3 is 5.97 Å². The molecule has 3 aromatic carbocycles. The number of aliphatic hydroxyl groups excluding tert-OH is 1. The molecule has 9 heteroatoms. The molecule has 9 nitrogen and oxygen atoms in total. The van der Waals surface area contributed by atoms with Crippen molar-refractivity contribution in [3.05, 3.63) is 106 Å². The van der Waals surface area contributed by atoms with E-state index in [1.165, 1.54) is 19.2 Å². The highest BCUT2D eigenvalue weighted by molar-refractivity contribution is 5.87. The first-order valence-electron chi connectivity index (χ1n) is 13.2. The summed E-state index contributed by atoms with van der Waals surface area (Å²) >= 11 is 0. The van der Waals surface area contributed by atoms with Crippen LogP contribution < -0.4 is 15.6 Å². The summed E-state index contributed by atoms with van der Waals surface area (Å²) < 4.78 is 10.8. The maximum Gasteiger partial charge on any atom is 0.347 e. The number of H-pyrrole nitrogens is 1. The molecular weight excluding hydrogens is 512 g/mol. The minimum Gasteiger partial charge on any atom is -0.506 e. The Morgan fingerprint density at radius 1 is 0.975 bits per heavy atom. The first-order chi connectivity index (χ1) is 19.3. The van der Waals surface area contributed by atoms with Gasteiger partial charge in [0.15, 0.2) is 0 Å². The van der Waals surface area contributed by atoms with Crippen LogP contribution in [0.3, 0.4) is 0 Å². The quantitative estimate of drug-likeness (QED) is 0.127. The molecule has 5 N–H and O–H groups in total. The molecule has 0 saturated carbocycles. The molecule has 0 saturated heterocycles. The van der Waals surface area contributed by atoms with E-state index in [4.69, 9.17) is 9.47 Å². The monoisotopic (exact) mass is 546 g/mol. The molecule has 1 heterocycles. The number of benzene rings is 3. The highest BCUT2D eigenvalue weighted by Gasteiger charge is 2.41. The Balaban J connectivity index is 1.23. The van der Waals surface area contributed by atoms with Crippen molar-refractivity contribution in [2.75, 3.05) is 26.8 Å². The zero-order chi connectivity index (χ0) is 28.5. The molecule has 1 aromatic heterocycles. The second-order valence-electron chi connectivity index (χ2n) is 9.51. The number of methoxy groups -OCH3 is 1. The van der Waals surface area contributed by atoms with E-state index in [-0.39, 0.29) is 11.3 Å². The Bertz CT molecular complexity index is 1490. The van der Waals surface area contributed by atoms with Gasteiger partial charge in [0.2, 0.25) is 11.2 Å². The van der Waals surface area contributed by atoms with Crippen molar-refractivity contribution in [1.29, 1.82) is 0 Å². The van der Waals surface area contributed by atoms with E-state index in [0.717, 1.165) is 19.3 Å². The van der Waals surface area contributed by atoms with Gasteiger partial charge in [-0.2, -0.15) is 0 Å². The van der Waals surface area contributed by atoms with Crippen molar-refractivity contribution in [3.63, 3.8) is 0 Å². The maximum atomic E-state index is 12.6. The van der Waals surface area contributed by atoms with Crippen LogP contribution >= 0.6 is 0 Å². The number of aromatic hydroxyl groups is 1. The number of rotatable bonds is 13. The van der Waals surface area contributed by atoms with E-state index >= 15 is 0 Å². The van der Waals surface area contributed by atoms with Crippen LogP contribution in [0, 0.1) is 0 Å². The standard InChI is InChI=1S/C31H34N2O7/c1-39-30(37)31(38,21-9-4-2-5-10-21)22-11-8-12-23(19-22)40-18-7-3-6-17-32-20-27(35)24-13-15-26(34)29-25(24)14-16-28(36)33-29/h2,4-5,8-16,19,27,32,34-35,38H,3,6-7,17-18,20H2,1H3,(H,33,36)/t27-,31?/m0/s1. The molecule has 0 radical (unpaired) electrons. The second-order valence-corrected chi connectivity index (χ2v) is 9.51. The highest BCUT2D eigenvalue weighted by Crippen LogP contribution is 2.33. The summed E-state index contributed by atoms with van der Waals surface area (Å²) in [4.78, 5) is 26.8. The van der Waals surface area contributed by atoms with Crippen molar-refractivity contribution in [2.24, 2.45) is 0 Å². The Labute approximate surface area is 232 Å². The fraction of sp³-hybridized carbons (Fsp3) is 0.290. The number of hydrogen-bond donors (Lipinski definition) is 5. The van der Waals surface area contributed by atoms with Crippen LogP contribution in [0.2, 0.25) is 0 Å². The van der Waals surface area contributed by atoms with E-state index < -0.39 is 17.7 Å². The summed E-state index contributed by atoms with van der Waals surface area (Å²) in [7, 11) is 1.24. The van der Waals surface area contributed by atoms with Crippen molar-refractivity contribution >= 4 is 16.9 Å². The Kier molecular flexibility index (Phi) is 9.55. The average Bonchev–Trinajstić information content (AvgIpc) is 2.98. The zero-order valence-corrected chi connectivity index (χ0v) is 22.3. The highest BCUT2D eigenvalue weighted by atomic mass is 16.5. The van der Waals surface area contributed by atoms with E-state index in [2.05, 4.69) is 10.3 Å². The van der Waals surface area contributed by atoms with E-state index in [9.17, 15) is 24.9 Å². The van der Waals surface area contributed by atoms with Gasteiger partial charge in [0.05, 0.1) is 25.3 Å². The van der Waals surface area contributed by atoms with Gasteiger partial charge in [0.25, 0.3) is 0 Å². The lowest BCUT2D eigenvalue weighted by molar-refractivity contribution is -0.158. The van der Waals surface area contributed by atoms with Crippen LogP contribution in [0.5, 0.6) is 11.5 Å². The van der Waals surface area contributed by atoms with Crippen LogP contribution in [0.15, 0.2) is 83.7 Å². The third-order valence-electron chi connectivity index (χ3n) is 6.79. The molecule has 4 rings (SSSR count). The molecule has 0 spiro atoms. The summed E-state index contributed by atoms with van der Waals surface area (Å²) in [5.41, 5.74) is -0.569. The number of hydrogen-bond acceptors (Lipinski definition) is 8.